The van der Waals surface area contributed by atoms with E-state index in [1.807, 2.05) is 67.6 Å². The van der Waals surface area contributed by atoms with Crippen molar-refractivity contribution in [2.75, 3.05) is 7.11 Å². The molecule has 0 radical (unpaired) electrons. The minimum atomic E-state index is 0.0238. The average molecular weight is 349 g/mol. The minimum Gasteiger partial charge on any atom is -0.497 e. The van der Waals surface area contributed by atoms with E-state index in [1.165, 1.54) is 5.56 Å². The van der Waals surface area contributed by atoms with Crippen molar-refractivity contribution >= 4 is 5.91 Å². The normalized spacial score (nSPS) is 10.5. The first kappa shape index (κ1) is 17.8. The molecule has 4 nitrogen and oxygen atoms in total. The van der Waals surface area contributed by atoms with Gasteiger partial charge in [0.05, 0.1) is 7.11 Å². The van der Waals surface area contributed by atoms with Gasteiger partial charge in [-0.3, -0.25) is 4.79 Å². The van der Waals surface area contributed by atoms with Gasteiger partial charge in [-0.1, -0.05) is 24.3 Å². The lowest BCUT2D eigenvalue weighted by Crippen LogP contribution is -2.23. The van der Waals surface area contributed by atoms with Crippen LogP contribution in [-0.4, -0.2) is 13.0 Å². The molecule has 0 unspecified atom stereocenters. The molecule has 3 rings (SSSR count). The lowest BCUT2D eigenvalue weighted by molar-refractivity contribution is -0.121. The highest BCUT2D eigenvalue weighted by molar-refractivity contribution is 5.76. The molecule has 0 aliphatic heterocycles. The van der Waals surface area contributed by atoms with Gasteiger partial charge in [-0.05, 0) is 54.4 Å². The molecule has 1 aromatic heterocycles. The van der Waals surface area contributed by atoms with Gasteiger partial charge in [-0.2, -0.15) is 0 Å². The quantitative estimate of drug-likeness (QED) is 0.683. The Balaban J connectivity index is 1.51. The standard InChI is InChI=1S/C22H23NO3/c1-16-5-3-4-6-18(16)15-23-22(24)14-12-20-11-13-21(26-20)17-7-9-19(25-2)10-8-17/h3-11,13H,12,14-15H2,1-2H3,(H,23,24). The van der Waals surface area contributed by atoms with E-state index in [9.17, 15) is 4.79 Å². The number of aryl methyl sites for hydroxylation is 2. The summed E-state index contributed by atoms with van der Waals surface area (Å²) in [5.41, 5.74) is 3.31. The molecule has 134 valence electrons. The number of ether oxygens (including phenoxy) is 1. The summed E-state index contributed by atoms with van der Waals surface area (Å²) in [6.07, 6.45) is 0.983. The summed E-state index contributed by atoms with van der Waals surface area (Å²) in [6, 6.07) is 19.6. The predicted octanol–water partition coefficient (Wildman–Crippen LogP) is 4.51. The van der Waals surface area contributed by atoms with Gasteiger partial charge in [0, 0.05) is 24.9 Å². The Bertz CT molecular complexity index is 865. The second kappa shape index (κ2) is 8.39. The highest BCUT2D eigenvalue weighted by Gasteiger charge is 2.08. The van der Waals surface area contributed by atoms with Crippen LogP contribution < -0.4 is 10.1 Å². The second-order valence-electron chi connectivity index (χ2n) is 6.20. The van der Waals surface area contributed by atoms with E-state index >= 15 is 0 Å². The van der Waals surface area contributed by atoms with Gasteiger partial charge in [0.25, 0.3) is 0 Å². The van der Waals surface area contributed by atoms with E-state index in [0.717, 1.165) is 28.4 Å². The van der Waals surface area contributed by atoms with Crippen molar-refractivity contribution in [1.82, 2.24) is 5.32 Å². The molecule has 4 heteroatoms. The van der Waals surface area contributed by atoms with Gasteiger partial charge in [0.1, 0.15) is 17.3 Å². The van der Waals surface area contributed by atoms with E-state index in [0.29, 0.717) is 19.4 Å². The fourth-order valence-corrected chi connectivity index (χ4v) is 2.75. The van der Waals surface area contributed by atoms with Crippen LogP contribution in [0.5, 0.6) is 5.75 Å². The molecule has 0 aliphatic carbocycles. The van der Waals surface area contributed by atoms with Crippen molar-refractivity contribution in [1.29, 1.82) is 0 Å². The number of nitrogens with one attached hydrogen (secondary N) is 1. The molecule has 0 saturated heterocycles. The van der Waals surface area contributed by atoms with Crippen molar-refractivity contribution in [3.63, 3.8) is 0 Å². The van der Waals surface area contributed by atoms with E-state index in [4.69, 9.17) is 9.15 Å². The van der Waals surface area contributed by atoms with E-state index in [1.54, 1.807) is 7.11 Å². The Kier molecular flexibility index (Phi) is 5.74. The van der Waals surface area contributed by atoms with Crippen LogP contribution in [0.4, 0.5) is 0 Å². The van der Waals surface area contributed by atoms with Gasteiger partial charge in [0.2, 0.25) is 5.91 Å². The largest absolute Gasteiger partial charge is 0.497 e. The zero-order valence-electron chi connectivity index (χ0n) is 15.1. The van der Waals surface area contributed by atoms with Crippen LogP contribution in [-0.2, 0) is 17.8 Å². The maximum Gasteiger partial charge on any atom is 0.220 e. The summed E-state index contributed by atoms with van der Waals surface area (Å²) >= 11 is 0. The third-order valence-electron chi connectivity index (χ3n) is 4.37. The number of hydrogen-bond acceptors (Lipinski definition) is 3. The monoisotopic (exact) mass is 349 g/mol. The number of carbonyl (C=O) groups excluding carboxylic acids is 1. The molecule has 0 saturated carbocycles. The first-order valence-corrected chi connectivity index (χ1v) is 8.70. The number of carbonyl (C=O) groups is 1. The molecule has 0 fully saturated rings. The summed E-state index contributed by atoms with van der Waals surface area (Å²) in [7, 11) is 1.64. The summed E-state index contributed by atoms with van der Waals surface area (Å²) in [5, 5.41) is 2.97. The van der Waals surface area contributed by atoms with Crippen LogP contribution in [0.1, 0.15) is 23.3 Å². The fourth-order valence-electron chi connectivity index (χ4n) is 2.75. The van der Waals surface area contributed by atoms with E-state index < -0.39 is 0 Å². The second-order valence-corrected chi connectivity index (χ2v) is 6.20. The molecule has 1 heterocycles. The van der Waals surface area contributed by atoms with Gasteiger partial charge in [0.15, 0.2) is 0 Å². The summed E-state index contributed by atoms with van der Waals surface area (Å²) in [6.45, 7) is 2.60. The Morgan fingerprint density at radius 3 is 2.54 bits per heavy atom. The first-order chi connectivity index (χ1) is 12.7. The van der Waals surface area contributed by atoms with Crippen molar-refractivity contribution in [2.24, 2.45) is 0 Å². The van der Waals surface area contributed by atoms with Crippen LogP contribution in [0.2, 0.25) is 0 Å². The molecule has 0 spiro atoms. The maximum absolute atomic E-state index is 12.1. The molecule has 0 aliphatic rings. The SMILES string of the molecule is COc1ccc(-c2ccc(CCC(=O)NCc3ccccc3C)o2)cc1. The van der Waals surface area contributed by atoms with Crippen molar-refractivity contribution < 1.29 is 13.9 Å². The molecule has 0 bridgehead atoms. The number of benzene rings is 2. The van der Waals surface area contributed by atoms with Crippen LogP contribution in [0.3, 0.4) is 0 Å². The predicted molar refractivity (Wildman–Crippen MR) is 102 cm³/mol. The van der Waals surface area contributed by atoms with Gasteiger partial charge < -0.3 is 14.5 Å². The third-order valence-corrected chi connectivity index (χ3v) is 4.37. The number of amides is 1. The van der Waals surface area contributed by atoms with Crippen LogP contribution in [0.15, 0.2) is 65.1 Å². The Morgan fingerprint density at radius 2 is 1.81 bits per heavy atom. The number of hydrogen-bond donors (Lipinski definition) is 1. The molecule has 1 amide bonds. The summed E-state index contributed by atoms with van der Waals surface area (Å²) in [5.74, 6) is 2.44. The lowest BCUT2D eigenvalue weighted by Gasteiger charge is -2.07. The molecule has 3 aromatic rings. The Hall–Kier alpha value is -3.01. The van der Waals surface area contributed by atoms with Crippen LogP contribution >= 0.6 is 0 Å². The highest BCUT2D eigenvalue weighted by atomic mass is 16.5. The Morgan fingerprint density at radius 1 is 1.04 bits per heavy atom. The molecule has 0 atom stereocenters. The third kappa shape index (κ3) is 4.54. The topological polar surface area (TPSA) is 51.5 Å². The number of methoxy groups -OCH3 is 1. The van der Waals surface area contributed by atoms with Crippen LogP contribution in [0.25, 0.3) is 11.3 Å². The molecular formula is C22H23NO3. The maximum atomic E-state index is 12.1. The van der Waals surface area contributed by atoms with Crippen LogP contribution in [0, 0.1) is 6.92 Å². The van der Waals surface area contributed by atoms with Crippen molar-refractivity contribution in [3.05, 3.63) is 77.6 Å². The summed E-state index contributed by atoms with van der Waals surface area (Å²) < 4.78 is 11.0. The fraction of sp³-hybridized carbons (Fsp3) is 0.227. The number of furan rings is 1. The molecular weight excluding hydrogens is 326 g/mol. The van der Waals surface area contributed by atoms with E-state index in [-0.39, 0.29) is 5.91 Å². The molecule has 26 heavy (non-hydrogen) atoms. The smallest absolute Gasteiger partial charge is 0.220 e. The molecule has 1 N–H and O–H groups in total. The highest BCUT2D eigenvalue weighted by Crippen LogP contribution is 2.25. The molecule has 2 aromatic carbocycles. The van der Waals surface area contributed by atoms with Gasteiger partial charge in [-0.15, -0.1) is 0 Å². The van der Waals surface area contributed by atoms with Gasteiger partial charge >= 0.3 is 0 Å². The average Bonchev–Trinajstić information content (AvgIpc) is 3.15. The minimum absolute atomic E-state index is 0.0238. The van der Waals surface area contributed by atoms with Gasteiger partial charge in [-0.25, -0.2) is 0 Å². The van der Waals surface area contributed by atoms with E-state index in [2.05, 4.69) is 5.32 Å². The summed E-state index contributed by atoms with van der Waals surface area (Å²) in [4.78, 5) is 12.1. The number of rotatable bonds is 7. The Labute approximate surface area is 153 Å². The zero-order chi connectivity index (χ0) is 18.4. The van der Waals surface area contributed by atoms with Crippen molar-refractivity contribution in [2.45, 2.75) is 26.3 Å². The lowest BCUT2D eigenvalue weighted by atomic mass is 10.1. The zero-order valence-corrected chi connectivity index (χ0v) is 15.1. The van der Waals surface area contributed by atoms with Crippen molar-refractivity contribution in [3.8, 4) is 17.1 Å². The first-order valence-electron chi connectivity index (χ1n) is 8.70.